The molecule has 2 heterocycles. The van der Waals surface area contributed by atoms with E-state index in [0.29, 0.717) is 12.1 Å². The van der Waals surface area contributed by atoms with Gasteiger partial charge < -0.3 is 15.4 Å². The number of rotatable bonds is 5. The van der Waals surface area contributed by atoms with Gasteiger partial charge in [0, 0.05) is 18.3 Å². The number of nitrogens with zero attached hydrogens (tertiary/aromatic N) is 3. The number of pyridine rings is 1. The third kappa shape index (κ3) is 5.00. The van der Waals surface area contributed by atoms with Gasteiger partial charge in [-0.2, -0.15) is 13.2 Å². The van der Waals surface area contributed by atoms with E-state index in [0.717, 1.165) is 12.1 Å². The van der Waals surface area contributed by atoms with Crippen LogP contribution < -0.4 is 20.7 Å². The largest absolute Gasteiger partial charge is 0.497 e. The number of hydrogen-bond donors (Lipinski definition) is 3. The molecule has 0 atom stereocenters. The molecule has 3 N–H and O–H groups in total. The van der Waals surface area contributed by atoms with Crippen LogP contribution in [0.5, 0.6) is 5.75 Å². The Bertz CT molecular complexity index is 1040. The molecule has 0 fully saturated rings. The minimum absolute atomic E-state index is 0.0441. The van der Waals surface area contributed by atoms with Crippen molar-refractivity contribution in [2.24, 2.45) is 0 Å². The second-order valence-electron chi connectivity index (χ2n) is 5.85. The molecule has 29 heavy (non-hydrogen) atoms. The van der Waals surface area contributed by atoms with Crippen molar-refractivity contribution in [2.75, 3.05) is 24.3 Å². The average molecular weight is 406 g/mol. The van der Waals surface area contributed by atoms with Gasteiger partial charge in [-0.15, -0.1) is 0 Å². The van der Waals surface area contributed by atoms with Crippen LogP contribution in [-0.4, -0.2) is 34.6 Å². The predicted octanol–water partition coefficient (Wildman–Crippen LogP) is 3.94. The summed E-state index contributed by atoms with van der Waals surface area (Å²) in [6, 6.07) is 6.01. The summed E-state index contributed by atoms with van der Waals surface area (Å²) in [5.74, 6) is 0.486. The van der Waals surface area contributed by atoms with E-state index in [1.54, 1.807) is 19.1 Å². The van der Waals surface area contributed by atoms with Crippen LogP contribution in [-0.2, 0) is 6.18 Å². The van der Waals surface area contributed by atoms with Crippen molar-refractivity contribution in [3.63, 3.8) is 0 Å². The first-order chi connectivity index (χ1) is 13.8. The standard InChI is InChI=1S/C18H17F3N6O2/c1-3-22-17(28)27-14-5-4-13-16(25-14)26-15(9-23-13)24-11-6-10(18(19,20)21)7-12(8-11)29-2/h4-9H,3H2,1-2H3,(H3,22,24,25,26,27,28). The highest BCUT2D eigenvalue weighted by Crippen LogP contribution is 2.34. The molecule has 0 saturated heterocycles. The number of halogens is 3. The maximum atomic E-state index is 13.1. The summed E-state index contributed by atoms with van der Waals surface area (Å²) in [5.41, 5.74) is -0.0663. The molecular weight excluding hydrogens is 389 g/mol. The van der Waals surface area contributed by atoms with E-state index in [4.69, 9.17) is 4.74 Å². The van der Waals surface area contributed by atoms with Crippen molar-refractivity contribution in [1.82, 2.24) is 20.3 Å². The second-order valence-corrected chi connectivity index (χ2v) is 5.85. The van der Waals surface area contributed by atoms with Crippen molar-refractivity contribution < 1.29 is 22.7 Å². The average Bonchev–Trinajstić information content (AvgIpc) is 2.67. The van der Waals surface area contributed by atoms with E-state index < -0.39 is 17.8 Å². The Labute approximate surface area is 163 Å². The van der Waals surface area contributed by atoms with Crippen LogP contribution in [0.1, 0.15) is 12.5 Å². The number of aromatic nitrogens is 3. The van der Waals surface area contributed by atoms with Gasteiger partial charge in [0.2, 0.25) is 0 Å². The molecule has 2 amide bonds. The zero-order valence-corrected chi connectivity index (χ0v) is 15.5. The summed E-state index contributed by atoms with van der Waals surface area (Å²) in [6.07, 6.45) is -3.16. The van der Waals surface area contributed by atoms with E-state index in [-0.39, 0.29) is 28.7 Å². The fraction of sp³-hybridized carbons (Fsp3) is 0.222. The SMILES string of the molecule is CCNC(=O)Nc1ccc2ncc(Nc3cc(OC)cc(C(F)(F)F)c3)nc2n1. The van der Waals surface area contributed by atoms with Crippen molar-refractivity contribution in [1.29, 1.82) is 0 Å². The zero-order chi connectivity index (χ0) is 21.0. The van der Waals surface area contributed by atoms with Gasteiger partial charge in [0.1, 0.15) is 17.1 Å². The number of amides is 2. The molecule has 0 unspecified atom stereocenters. The topological polar surface area (TPSA) is 101 Å². The monoisotopic (exact) mass is 406 g/mol. The molecule has 11 heteroatoms. The number of hydrogen-bond acceptors (Lipinski definition) is 6. The zero-order valence-electron chi connectivity index (χ0n) is 15.5. The maximum Gasteiger partial charge on any atom is 0.416 e. The molecule has 0 saturated carbocycles. The Morgan fingerprint density at radius 3 is 2.59 bits per heavy atom. The van der Waals surface area contributed by atoms with Crippen molar-refractivity contribution in [2.45, 2.75) is 13.1 Å². The Hall–Kier alpha value is -3.63. The van der Waals surface area contributed by atoms with E-state index in [1.807, 2.05) is 0 Å². The summed E-state index contributed by atoms with van der Waals surface area (Å²) in [4.78, 5) is 24.2. The van der Waals surface area contributed by atoms with Crippen LogP contribution in [0.3, 0.4) is 0 Å². The number of methoxy groups -OCH3 is 1. The number of carbonyl (C=O) groups is 1. The van der Waals surface area contributed by atoms with Crippen LogP contribution in [0.15, 0.2) is 36.5 Å². The van der Waals surface area contributed by atoms with E-state index in [1.165, 1.54) is 19.4 Å². The molecule has 0 bridgehead atoms. The van der Waals surface area contributed by atoms with E-state index in [2.05, 4.69) is 30.9 Å². The van der Waals surface area contributed by atoms with Crippen LogP contribution in [0.2, 0.25) is 0 Å². The molecule has 3 rings (SSSR count). The molecule has 0 radical (unpaired) electrons. The van der Waals surface area contributed by atoms with Crippen LogP contribution in [0.25, 0.3) is 11.2 Å². The maximum absolute atomic E-state index is 13.1. The van der Waals surface area contributed by atoms with Crippen molar-refractivity contribution in [3.8, 4) is 5.75 Å². The van der Waals surface area contributed by atoms with Gasteiger partial charge in [0.05, 0.1) is 18.9 Å². The lowest BCUT2D eigenvalue weighted by molar-refractivity contribution is -0.137. The lowest BCUT2D eigenvalue weighted by Gasteiger charge is -2.13. The number of fused-ring (bicyclic) bond motifs is 1. The summed E-state index contributed by atoms with van der Waals surface area (Å²) in [6.45, 7) is 2.23. The Kier molecular flexibility index (Phi) is 5.66. The predicted molar refractivity (Wildman–Crippen MR) is 101 cm³/mol. The fourth-order valence-electron chi connectivity index (χ4n) is 2.45. The minimum Gasteiger partial charge on any atom is -0.497 e. The number of alkyl halides is 3. The third-order valence-electron chi connectivity index (χ3n) is 3.73. The molecular formula is C18H17F3N6O2. The Balaban J connectivity index is 1.89. The van der Waals surface area contributed by atoms with Crippen LogP contribution in [0.4, 0.5) is 35.3 Å². The lowest BCUT2D eigenvalue weighted by Crippen LogP contribution is -2.28. The Morgan fingerprint density at radius 2 is 1.90 bits per heavy atom. The van der Waals surface area contributed by atoms with Crippen LogP contribution >= 0.6 is 0 Å². The van der Waals surface area contributed by atoms with Gasteiger partial charge in [-0.25, -0.2) is 19.7 Å². The summed E-state index contributed by atoms with van der Waals surface area (Å²) >= 11 is 0. The highest BCUT2D eigenvalue weighted by molar-refractivity contribution is 5.89. The molecule has 0 aliphatic heterocycles. The molecule has 0 spiro atoms. The van der Waals surface area contributed by atoms with Gasteiger partial charge in [0.25, 0.3) is 0 Å². The highest BCUT2D eigenvalue weighted by atomic mass is 19.4. The van der Waals surface area contributed by atoms with Gasteiger partial charge in [-0.1, -0.05) is 0 Å². The van der Waals surface area contributed by atoms with Gasteiger partial charge in [0.15, 0.2) is 11.5 Å². The number of anilines is 3. The molecule has 152 valence electrons. The molecule has 3 aromatic rings. The van der Waals surface area contributed by atoms with Gasteiger partial charge >= 0.3 is 12.2 Å². The first-order valence-corrected chi connectivity index (χ1v) is 8.50. The van der Waals surface area contributed by atoms with Crippen LogP contribution in [0, 0.1) is 0 Å². The quantitative estimate of drug-likeness (QED) is 0.593. The first-order valence-electron chi connectivity index (χ1n) is 8.50. The van der Waals surface area contributed by atoms with E-state index >= 15 is 0 Å². The first kappa shape index (κ1) is 20.1. The smallest absolute Gasteiger partial charge is 0.416 e. The highest BCUT2D eigenvalue weighted by Gasteiger charge is 2.31. The Morgan fingerprint density at radius 1 is 1.14 bits per heavy atom. The molecule has 2 aromatic heterocycles. The van der Waals surface area contributed by atoms with Crippen molar-refractivity contribution >= 4 is 34.5 Å². The van der Waals surface area contributed by atoms with Gasteiger partial charge in [-0.05, 0) is 31.2 Å². The van der Waals surface area contributed by atoms with Gasteiger partial charge in [-0.3, -0.25) is 5.32 Å². The number of nitrogens with one attached hydrogen (secondary N) is 3. The minimum atomic E-state index is -4.53. The van der Waals surface area contributed by atoms with Crippen molar-refractivity contribution in [3.05, 3.63) is 42.1 Å². The normalized spacial score (nSPS) is 11.2. The molecule has 0 aliphatic carbocycles. The molecule has 1 aromatic carbocycles. The number of benzene rings is 1. The summed E-state index contributed by atoms with van der Waals surface area (Å²) in [5, 5.41) is 7.90. The van der Waals surface area contributed by atoms with E-state index in [9.17, 15) is 18.0 Å². The second kappa shape index (κ2) is 8.17. The summed E-state index contributed by atoms with van der Waals surface area (Å²) < 4.78 is 44.2. The lowest BCUT2D eigenvalue weighted by atomic mass is 10.2. The third-order valence-corrected chi connectivity index (χ3v) is 3.73. The molecule has 0 aliphatic rings. The molecule has 8 nitrogen and oxygen atoms in total. The number of carbonyl (C=O) groups excluding carboxylic acids is 1. The number of urea groups is 1. The number of ether oxygens (including phenoxy) is 1. The fourth-order valence-corrected chi connectivity index (χ4v) is 2.45. The summed E-state index contributed by atoms with van der Waals surface area (Å²) in [7, 11) is 1.28.